The Balaban J connectivity index is 0.809. The molecule has 2 saturated heterocycles. The van der Waals surface area contributed by atoms with Crippen molar-refractivity contribution in [2.24, 2.45) is 35.4 Å². The van der Waals surface area contributed by atoms with Gasteiger partial charge in [0.05, 0.1) is 67.0 Å². The topological polar surface area (TPSA) is 349 Å². The van der Waals surface area contributed by atoms with Gasteiger partial charge in [0.25, 0.3) is 0 Å². The van der Waals surface area contributed by atoms with Gasteiger partial charge < -0.3 is 55.0 Å². The van der Waals surface area contributed by atoms with E-state index in [1.54, 1.807) is 20.9 Å². The molecular weight excluding hydrogens is 1360 g/mol. The first-order chi connectivity index (χ1) is 48.7. The molecule has 3 heterocycles. The molecule has 7 atom stereocenters. The quantitative estimate of drug-likeness (QED) is 0.00709. The number of nitrogens with two attached hydrogens (primary N) is 1. The van der Waals surface area contributed by atoms with Gasteiger partial charge in [-0.3, -0.25) is 71.2 Å². The molecule has 0 radical (unpaired) electrons. The van der Waals surface area contributed by atoms with Crippen molar-refractivity contribution in [3.8, 4) is 0 Å². The number of esters is 2. The summed E-state index contributed by atoms with van der Waals surface area (Å²) < 4.78 is 92.3. The Kier molecular flexibility index (Phi) is 30.0. The second-order valence-electron chi connectivity index (χ2n) is 28.4. The van der Waals surface area contributed by atoms with Crippen molar-refractivity contribution in [3.63, 3.8) is 0 Å². The number of piperidine rings is 2. The van der Waals surface area contributed by atoms with Crippen LogP contribution in [0.3, 0.4) is 0 Å². The van der Waals surface area contributed by atoms with E-state index < -0.39 is 115 Å². The van der Waals surface area contributed by atoms with Crippen molar-refractivity contribution < 1.29 is 94.0 Å². The summed E-state index contributed by atoms with van der Waals surface area (Å²) in [6.07, 6.45) is 6.20. The lowest BCUT2D eigenvalue weighted by Crippen LogP contribution is -2.57. The summed E-state index contributed by atoms with van der Waals surface area (Å²) in [5, 5.41) is 11.1. The van der Waals surface area contributed by atoms with Gasteiger partial charge in [-0.2, -0.15) is 8.78 Å². The number of carbonyl (C=O) groups is 9. The van der Waals surface area contributed by atoms with Gasteiger partial charge in [0.1, 0.15) is 24.7 Å². The van der Waals surface area contributed by atoms with Crippen LogP contribution in [0, 0.1) is 22.7 Å². The number of allylic oxidation sites excluding steroid dienone is 1. The van der Waals surface area contributed by atoms with Gasteiger partial charge in [-0.1, -0.05) is 74.4 Å². The smallest absolute Gasteiger partial charge is 0.410 e. The van der Waals surface area contributed by atoms with Crippen LogP contribution in [0.25, 0.3) is 16.6 Å². The Bertz CT molecular complexity index is 3740. The standard InChI is InChI=1S/C73H101F2N8O19P/c1-11-12-17-56(78-62(86)38-46(2)51-23-25-53(26-24-51)73(74,75)103(94,101-44-99-68(91)71(4,5)6)102-45-100-69(92)72(7,8)9)67(90)82-41-52-40-54(52)64(82)66(89)79-55(27-30-60(76)84)47(3)98-42-50-20-18-48(19-21-50)15-13-32-77-63(87)43-97-37-36-96-35-34-95-33-14-16-49-22-28-57-59(39-49)81(10)70(93)83(57)58-29-31-61(85)80-65(58)88/h18-26,28,38-39,47,52,54-56,58,64H,11-17,27,29-37,40-45H2,1-10H3,(H2,76,84)(H,77,87)(H,78,86)(H,79,89)(H,80,85,88)/b46-38+/t47-,52-,54-,55+,56+,58?,64+/m1/s1. The Morgan fingerprint density at radius 2 is 1.38 bits per heavy atom. The Morgan fingerprint density at radius 3 is 2.00 bits per heavy atom. The van der Waals surface area contributed by atoms with Gasteiger partial charge in [0, 0.05) is 51.2 Å². The first-order valence-electron chi connectivity index (χ1n) is 35.1. The van der Waals surface area contributed by atoms with E-state index in [2.05, 4.69) is 21.3 Å². The summed E-state index contributed by atoms with van der Waals surface area (Å²) in [6.45, 7) is 14.6. The average molecular weight is 1460 g/mol. The molecule has 0 spiro atoms. The van der Waals surface area contributed by atoms with Gasteiger partial charge in [0.2, 0.25) is 54.9 Å². The van der Waals surface area contributed by atoms with Crippen LogP contribution in [0.1, 0.15) is 160 Å². The number of aromatic nitrogens is 2. The second-order valence-corrected chi connectivity index (χ2v) is 30.5. The van der Waals surface area contributed by atoms with Crippen LogP contribution in [0.2, 0.25) is 0 Å². The number of benzene rings is 3. The zero-order chi connectivity index (χ0) is 75.4. The van der Waals surface area contributed by atoms with Crippen LogP contribution in [-0.2, 0) is 117 Å². The molecule has 1 aliphatic carbocycles. The summed E-state index contributed by atoms with van der Waals surface area (Å²) in [5.41, 5.74) is 2.81. The van der Waals surface area contributed by atoms with E-state index in [-0.39, 0.29) is 81.3 Å². The highest BCUT2D eigenvalue weighted by Crippen LogP contribution is 2.67. The number of primary amides is 1. The molecule has 103 heavy (non-hydrogen) atoms. The number of imide groups is 1. The summed E-state index contributed by atoms with van der Waals surface area (Å²) in [5.74, 6) is -4.89. The van der Waals surface area contributed by atoms with E-state index in [0.29, 0.717) is 93.8 Å². The largest absolute Gasteiger partial charge is 0.438 e. The number of alkyl halides is 2. The van der Waals surface area contributed by atoms with Crippen LogP contribution in [0.4, 0.5) is 8.78 Å². The number of unbranched alkanes of at least 4 members (excludes halogenated alkanes) is 1. The number of ether oxygens (including phenoxy) is 6. The van der Waals surface area contributed by atoms with E-state index in [1.165, 1.54) is 73.8 Å². The minimum Gasteiger partial charge on any atom is -0.438 e. The number of aryl methyl sites for hydroxylation is 3. The number of nitrogens with one attached hydrogen (secondary N) is 4. The van der Waals surface area contributed by atoms with Crippen molar-refractivity contribution in [3.05, 3.63) is 111 Å². The molecule has 566 valence electrons. The summed E-state index contributed by atoms with van der Waals surface area (Å²) in [7, 11) is -3.94. The molecule has 7 amide bonds. The van der Waals surface area contributed by atoms with Gasteiger partial charge in [0.15, 0.2) is 0 Å². The number of amides is 7. The van der Waals surface area contributed by atoms with E-state index in [0.717, 1.165) is 41.7 Å². The van der Waals surface area contributed by atoms with E-state index in [1.807, 2.05) is 49.4 Å². The van der Waals surface area contributed by atoms with Gasteiger partial charge in [-0.25, -0.2) is 4.79 Å². The normalized spacial score (nSPS) is 18.0. The molecule has 1 unspecified atom stereocenters. The number of imidazole rings is 1. The maximum absolute atomic E-state index is 16.3. The van der Waals surface area contributed by atoms with Crippen molar-refractivity contribution >= 4 is 77.5 Å². The van der Waals surface area contributed by atoms with Crippen LogP contribution < -0.4 is 32.7 Å². The SMILES string of the molecule is CCCC[C@H](NC(=O)/C=C(\C)c1ccc(C(F)(F)P(=O)(OCOC(=O)C(C)(C)C)OCOC(=O)C(C)(C)C)cc1)C(=O)N1C[C@H]2C[C@H]2[C@H]1C(=O)N[C@@H](CCC(N)=O)[C@@H](C)OCc1ccc(CCCNC(=O)COCCOCCOCCCc2ccc3c(c2)n(C)c(=O)n3C2CCC(=O)NC2=O)cc1. The molecule has 6 N–H and O–H groups in total. The summed E-state index contributed by atoms with van der Waals surface area (Å²) in [4.78, 5) is 131. The fraction of sp³-hybridized carbons (Fsp3) is 0.589. The van der Waals surface area contributed by atoms with Gasteiger partial charge >= 0.3 is 30.9 Å². The van der Waals surface area contributed by atoms with E-state index in [9.17, 15) is 52.5 Å². The van der Waals surface area contributed by atoms with Crippen molar-refractivity contribution in [1.82, 2.24) is 35.3 Å². The number of nitrogens with zero attached hydrogens (tertiary/aromatic N) is 3. The highest BCUT2D eigenvalue weighted by atomic mass is 31.2. The highest BCUT2D eigenvalue weighted by Gasteiger charge is 2.58. The Morgan fingerprint density at radius 1 is 0.767 bits per heavy atom. The maximum Gasteiger partial charge on any atom is 0.410 e. The molecule has 3 aliphatic rings. The number of hydrogen-bond acceptors (Lipinski definition) is 19. The monoisotopic (exact) mass is 1460 g/mol. The van der Waals surface area contributed by atoms with Crippen LogP contribution in [0.15, 0.2) is 77.6 Å². The Labute approximate surface area is 599 Å². The predicted molar refractivity (Wildman–Crippen MR) is 375 cm³/mol. The third-order valence-electron chi connectivity index (χ3n) is 18.1. The lowest BCUT2D eigenvalue weighted by molar-refractivity contribution is -0.163. The lowest BCUT2D eigenvalue weighted by Gasteiger charge is -2.33. The zero-order valence-corrected chi connectivity index (χ0v) is 61.5. The molecule has 2 aliphatic heterocycles. The van der Waals surface area contributed by atoms with Gasteiger partial charge in [-0.15, -0.1) is 0 Å². The number of likely N-dealkylation sites (tertiary alicyclic amines) is 1. The molecule has 7 rings (SSSR count). The summed E-state index contributed by atoms with van der Waals surface area (Å²) in [6, 6.07) is 14.6. The first kappa shape index (κ1) is 82.2. The number of halogens is 2. The second kappa shape index (κ2) is 37.6. The molecule has 4 aromatic rings. The molecule has 3 aromatic carbocycles. The predicted octanol–water partition coefficient (Wildman–Crippen LogP) is 7.70. The fourth-order valence-electron chi connectivity index (χ4n) is 11.9. The third-order valence-corrected chi connectivity index (χ3v) is 19.9. The number of hydrogen-bond donors (Lipinski definition) is 5. The zero-order valence-electron chi connectivity index (χ0n) is 60.6. The minimum absolute atomic E-state index is 0.0456. The molecule has 30 heteroatoms. The fourth-order valence-corrected chi connectivity index (χ4v) is 13.1. The average Bonchev–Trinajstić information content (AvgIpc) is 1.62. The van der Waals surface area contributed by atoms with E-state index in [4.69, 9.17) is 43.2 Å². The molecule has 0 bridgehead atoms. The Hall–Kier alpha value is -8.05. The molecular formula is C73H101F2N8O19P. The number of fused-ring (bicyclic) bond motifs is 2. The molecule has 3 fully saturated rings. The summed E-state index contributed by atoms with van der Waals surface area (Å²) >= 11 is 0. The number of carbonyl (C=O) groups excluding carboxylic acids is 9. The van der Waals surface area contributed by atoms with Crippen LogP contribution in [0.5, 0.6) is 0 Å². The van der Waals surface area contributed by atoms with Crippen molar-refractivity contribution in [2.45, 2.75) is 182 Å². The molecule has 27 nitrogen and oxygen atoms in total. The van der Waals surface area contributed by atoms with Crippen LogP contribution in [-0.4, -0.2) is 158 Å². The van der Waals surface area contributed by atoms with Crippen molar-refractivity contribution in [1.29, 1.82) is 0 Å². The molecule has 1 aromatic heterocycles. The number of rotatable bonds is 41. The van der Waals surface area contributed by atoms with Crippen LogP contribution >= 0.6 is 7.60 Å². The lowest BCUT2D eigenvalue weighted by atomic mass is 9.98. The first-order valence-corrected chi connectivity index (χ1v) is 36.6. The third kappa shape index (κ3) is 23.5. The molecule has 1 saturated carbocycles. The van der Waals surface area contributed by atoms with E-state index >= 15 is 8.78 Å². The van der Waals surface area contributed by atoms with Crippen molar-refractivity contribution in [2.75, 3.05) is 66.3 Å². The maximum atomic E-state index is 16.3. The minimum atomic E-state index is -5.60. The van der Waals surface area contributed by atoms with Gasteiger partial charge in [-0.05, 0) is 159 Å². The highest BCUT2D eigenvalue weighted by molar-refractivity contribution is 7.54.